The third-order valence-corrected chi connectivity index (χ3v) is 4.39. The molecule has 0 aromatic carbocycles. The van der Waals surface area contributed by atoms with Crippen LogP contribution in [0.1, 0.15) is 17.5 Å². The van der Waals surface area contributed by atoms with Gasteiger partial charge in [0.05, 0.1) is 29.8 Å². The number of nitrogens with zero attached hydrogens (tertiary/aromatic N) is 3. The summed E-state index contributed by atoms with van der Waals surface area (Å²) in [4.78, 5) is 4.22. The molecule has 126 valence electrons. The molecule has 1 fully saturated rings. The average molecular weight is 331 g/mol. The Morgan fingerprint density at radius 2 is 2.12 bits per heavy atom. The van der Waals surface area contributed by atoms with Crippen molar-refractivity contribution in [1.29, 1.82) is 0 Å². The molecule has 4 atom stereocenters. The molecule has 0 amide bonds. The Labute approximate surface area is 136 Å². The Hall–Kier alpha value is -2.26. The standard InChI is InChI=1S/C16H17N3O5/c1-8-13-9(11-3-2-4-23-11)5-10(19(13)18-7-17-8)16-15(22)14(21)12(6-20)24-16/h2-5,7,12,14-16,20-22H,6H2,1H3/t12-,14-,15-,16?/m1/s1. The fraction of sp³-hybridized carbons (Fsp3) is 0.375. The number of fused-ring (bicyclic) bond motifs is 1. The topological polar surface area (TPSA) is 113 Å². The van der Waals surface area contributed by atoms with Crippen molar-refractivity contribution < 1.29 is 24.5 Å². The fourth-order valence-corrected chi connectivity index (χ4v) is 3.18. The van der Waals surface area contributed by atoms with E-state index in [4.69, 9.17) is 9.15 Å². The van der Waals surface area contributed by atoms with Crippen LogP contribution < -0.4 is 0 Å². The van der Waals surface area contributed by atoms with Crippen molar-refractivity contribution in [2.24, 2.45) is 0 Å². The Morgan fingerprint density at radius 3 is 2.79 bits per heavy atom. The van der Waals surface area contributed by atoms with Crippen molar-refractivity contribution in [3.63, 3.8) is 0 Å². The van der Waals surface area contributed by atoms with Gasteiger partial charge in [-0.2, -0.15) is 5.10 Å². The summed E-state index contributed by atoms with van der Waals surface area (Å²) in [7, 11) is 0. The van der Waals surface area contributed by atoms with E-state index in [1.165, 1.54) is 6.33 Å². The molecule has 8 nitrogen and oxygen atoms in total. The molecule has 1 unspecified atom stereocenters. The van der Waals surface area contributed by atoms with E-state index in [0.717, 1.165) is 16.8 Å². The Bertz CT molecular complexity index is 860. The molecular weight excluding hydrogens is 314 g/mol. The van der Waals surface area contributed by atoms with Gasteiger partial charge in [-0.15, -0.1) is 0 Å². The van der Waals surface area contributed by atoms with Gasteiger partial charge in [0, 0.05) is 5.56 Å². The zero-order chi connectivity index (χ0) is 16.8. The second-order valence-electron chi connectivity index (χ2n) is 5.82. The molecule has 4 heterocycles. The van der Waals surface area contributed by atoms with Gasteiger partial charge in [0.1, 0.15) is 36.5 Å². The van der Waals surface area contributed by atoms with Crippen LogP contribution in [0.25, 0.3) is 16.8 Å². The van der Waals surface area contributed by atoms with Crippen molar-refractivity contribution in [3.05, 3.63) is 42.2 Å². The lowest BCUT2D eigenvalue weighted by Gasteiger charge is -2.14. The van der Waals surface area contributed by atoms with Gasteiger partial charge in [-0.1, -0.05) is 0 Å². The average Bonchev–Trinajstić information content (AvgIpc) is 3.28. The summed E-state index contributed by atoms with van der Waals surface area (Å²) in [6.45, 7) is 1.47. The Kier molecular flexibility index (Phi) is 3.61. The third-order valence-electron chi connectivity index (χ3n) is 4.39. The van der Waals surface area contributed by atoms with Crippen LogP contribution in [0.5, 0.6) is 0 Å². The molecule has 1 saturated heterocycles. The summed E-state index contributed by atoms with van der Waals surface area (Å²) in [5.41, 5.74) is 2.81. The van der Waals surface area contributed by atoms with Crippen LogP contribution in [-0.4, -0.2) is 54.8 Å². The first-order valence-corrected chi connectivity index (χ1v) is 7.61. The van der Waals surface area contributed by atoms with E-state index in [1.807, 2.05) is 13.0 Å². The van der Waals surface area contributed by atoms with E-state index in [2.05, 4.69) is 10.1 Å². The van der Waals surface area contributed by atoms with Gasteiger partial charge in [0.15, 0.2) is 0 Å². The lowest BCUT2D eigenvalue weighted by Crippen LogP contribution is -2.32. The maximum absolute atomic E-state index is 10.3. The number of aliphatic hydroxyl groups excluding tert-OH is 3. The van der Waals surface area contributed by atoms with E-state index >= 15 is 0 Å². The molecule has 0 aliphatic carbocycles. The molecule has 8 heteroatoms. The number of hydrogen-bond donors (Lipinski definition) is 3. The number of hydrogen-bond acceptors (Lipinski definition) is 7. The highest BCUT2D eigenvalue weighted by molar-refractivity contribution is 5.80. The first-order chi connectivity index (χ1) is 11.6. The van der Waals surface area contributed by atoms with Crippen LogP contribution in [0.3, 0.4) is 0 Å². The SMILES string of the molecule is Cc1ncnn2c(C3O[C@H](CO)[C@@H](O)[C@H]3O)cc(-c3ccco3)c12. The van der Waals surface area contributed by atoms with Crippen LogP contribution in [0.2, 0.25) is 0 Å². The third kappa shape index (κ3) is 2.15. The monoisotopic (exact) mass is 331 g/mol. The predicted molar refractivity (Wildman–Crippen MR) is 82.1 cm³/mol. The first kappa shape index (κ1) is 15.3. The summed E-state index contributed by atoms with van der Waals surface area (Å²) in [5, 5.41) is 33.9. The second kappa shape index (κ2) is 5.67. The second-order valence-corrected chi connectivity index (χ2v) is 5.82. The summed E-state index contributed by atoms with van der Waals surface area (Å²) < 4.78 is 12.8. The highest BCUT2D eigenvalue weighted by atomic mass is 16.6. The molecule has 3 N–H and O–H groups in total. The fourth-order valence-electron chi connectivity index (χ4n) is 3.18. The van der Waals surface area contributed by atoms with Gasteiger partial charge in [-0.05, 0) is 25.1 Å². The molecule has 0 radical (unpaired) electrons. The molecule has 3 aromatic rings. The van der Waals surface area contributed by atoms with Crippen molar-refractivity contribution in [3.8, 4) is 11.3 Å². The Morgan fingerprint density at radius 1 is 1.29 bits per heavy atom. The van der Waals surface area contributed by atoms with Crippen molar-refractivity contribution in [2.75, 3.05) is 6.61 Å². The first-order valence-electron chi connectivity index (χ1n) is 7.61. The molecule has 0 spiro atoms. The number of aliphatic hydroxyl groups is 3. The van der Waals surface area contributed by atoms with Gasteiger partial charge in [-0.3, -0.25) is 0 Å². The lowest BCUT2D eigenvalue weighted by molar-refractivity contribution is -0.0244. The molecule has 1 aliphatic rings. The zero-order valence-corrected chi connectivity index (χ0v) is 12.9. The van der Waals surface area contributed by atoms with E-state index in [0.29, 0.717) is 11.5 Å². The number of ether oxygens (including phenoxy) is 1. The Balaban J connectivity index is 1.90. The van der Waals surface area contributed by atoms with Crippen LogP contribution in [0.4, 0.5) is 0 Å². The molecule has 0 bridgehead atoms. The molecule has 4 rings (SSSR count). The quantitative estimate of drug-likeness (QED) is 0.638. The minimum atomic E-state index is -1.17. The number of aryl methyl sites for hydroxylation is 1. The maximum Gasteiger partial charge on any atom is 0.136 e. The van der Waals surface area contributed by atoms with Gasteiger partial charge in [-0.25, -0.2) is 9.50 Å². The molecule has 24 heavy (non-hydrogen) atoms. The van der Waals surface area contributed by atoms with Crippen LogP contribution in [0.15, 0.2) is 35.2 Å². The van der Waals surface area contributed by atoms with Gasteiger partial charge in [0.25, 0.3) is 0 Å². The minimum absolute atomic E-state index is 0.378. The van der Waals surface area contributed by atoms with Crippen LogP contribution in [0, 0.1) is 6.92 Å². The van der Waals surface area contributed by atoms with E-state index in [1.54, 1.807) is 22.9 Å². The summed E-state index contributed by atoms with van der Waals surface area (Å²) in [5.74, 6) is 0.642. The molecule has 3 aromatic heterocycles. The highest BCUT2D eigenvalue weighted by Crippen LogP contribution is 2.38. The van der Waals surface area contributed by atoms with Gasteiger partial charge in [0.2, 0.25) is 0 Å². The minimum Gasteiger partial charge on any atom is -0.464 e. The maximum atomic E-state index is 10.3. The molecule has 0 saturated carbocycles. The van der Waals surface area contributed by atoms with Crippen molar-refractivity contribution in [1.82, 2.24) is 14.6 Å². The smallest absolute Gasteiger partial charge is 0.136 e. The summed E-state index contributed by atoms with van der Waals surface area (Å²) in [6, 6.07) is 5.41. The van der Waals surface area contributed by atoms with Gasteiger partial charge >= 0.3 is 0 Å². The number of rotatable bonds is 3. The van der Waals surface area contributed by atoms with Crippen LogP contribution in [-0.2, 0) is 4.74 Å². The molecular formula is C16H17N3O5. The number of aromatic nitrogens is 3. The lowest BCUT2D eigenvalue weighted by atomic mass is 10.1. The zero-order valence-electron chi connectivity index (χ0n) is 12.9. The summed E-state index contributed by atoms with van der Waals surface area (Å²) in [6.07, 6.45) is -1.00. The normalized spacial score (nSPS) is 27.2. The van der Waals surface area contributed by atoms with Crippen molar-refractivity contribution in [2.45, 2.75) is 31.3 Å². The largest absolute Gasteiger partial charge is 0.464 e. The predicted octanol–water partition coefficient (Wildman–Crippen LogP) is 0.452. The number of furan rings is 1. The van der Waals surface area contributed by atoms with E-state index in [9.17, 15) is 15.3 Å². The molecule has 1 aliphatic heterocycles. The van der Waals surface area contributed by atoms with Gasteiger partial charge < -0.3 is 24.5 Å². The summed E-state index contributed by atoms with van der Waals surface area (Å²) >= 11 is 0. The van der Waals surface area contributed by atoms with E-state index in [-0.39, 0.29) is 6.61 Å². The highest BCUT2D eigenvalue weighted by Gasteiger charge is 2.44. The van der Waals surface area contributed by atoms with E-state index < -0.39 is 24.4 Å². The van der Waals surface area contributed by atoms with Crippen LogP contribution >= 0.6 is 0 Å². The van der Waals surface area contributed by atoms with Crippen molar-refractivity contribution >= 4 is 5.52 Å².